The zero-order chi connectivity index (χ0) is 19.1. The first-order chi connectivity index (χ1) is 13.7. The molecular weight excluding hydrogens is 358 g/mol. The number of pyridine rings is 1. The summed E-state index contributed by atoms with van der Waals surface area (Å²) < 4.78 is 10.8. The zero-order valence-corrected chi connectivity index (χ0v) is 16.1. The van der Waals surface area contributed by atoms with Crippen molar-refractivity contribution in [2.45, 2.75) is 37.6 Å². The molecule has 1 saturated carbocycles. The van der Waals surface area contributed by atoms with E-state index in [4.69, 9.17) is 9.26 Å². The number of ether oxygens (including phenoxy) is 1. The van der Waals surface area contributed by atoms with E-state index in [0.29, 0.717) is 23.8 Å². The Labute approximate surface area is 163 Å². The molecule has 2 saturated heterocycles. The molecule has 5 rings (SSSR count). The van der Waals surface area contributed by atoms with Gasteiger partial charge in [0, 0.05) is 43.7 Å². The van der Waals surface area contributed by atoms with E-state index in [1.54, 1.807) is 6.20 Å². The van der Waals surface area contributed by atoms with Crippen LogP contribution in [0, 0.1) is 5.92 Å². The predicted octanol–water partition coefficient (Wildman–Crippen LogP) is 2.08. The first kappa shape index (κ1) is 17.6. The molecule has 8 nitrogen and oxygen atoms in total. The van der Waals surface area contributed by atoms with Gasteiger partial charge in [0.2, 0.25) is 5.91 Å². The molecule has 3 aliphatic rings. The summed E-state index contributed by atoms with van der Waals surface area (Å²) in [6.45, 7) is 3.04. The van der Waals surface area contributed by atoms with Gasteiger partial charge in [-0.25, -0.2) is 4.98 Å². The lowest BCUT2D eigenvalue weighted by molar-refractivity contribution is -0.133. The number of nitrogens with zero attached hydrogens (tertiary/aromatic N) is 5. The van der Waals surface area contributed by atoms with Crippen LogP contribution in [0.25, 0.3) is 11.5 Å². The SMILES string of the molecule is CN(c1cc(-c2nc(C3CCN(C(=O)C4CC4)CC3)no2)ccn1)C1COC1. The molecule has 2 aliphatic heterocycles. The average molecular weight is 383 g/mol. The largest absolute Gasteiger partial charge is 0.377 e. The van der Waals surface area contributed by atoms with E-state index >= 15 is 0 Å². The van der Waals surface area contributed by atoms with Crippen LogP contribution in [0.3, 0.4) is 0 Å². The Morgan fingerprint density at radius 1 is 1.21 bits per heavy atom. The lowest BCUT2D eigenvalue weighted by Crippen LogP contribution is -2.47. The fourth-order valence-electron chi connectivity index (χ4n) is 3.84. The van der Waals surface area contributed by atoms with Gasteiger partial charge >= 0.3 is 0 Å². The number of aromatic nitrogens is 3. The topological polar surface area (TPSA) is 84.6 Å². The Bertz CT molecular complexity index is 853. The van der Waals surface area contributed by atoms with Crippen LogP contribution in [-0.4, -0.2) is 65.3 Å². The first-order valence-electron chi connectivity index (χ1n) is 10.1. The predicted molar refractivity (Wildman–Crippen MR) is 102 cm³/mol. The number of carbonyl (C=O) groups excluding carboxylic acids is 1. The number of hydrogen-bond acceptors (Lipinski definition) is 7. The van der Waals surface area contributed by atoms with Crippen LogP contribution in [0.15, 0.2) is 22.9 Å². The highest BCUT2D eigenvalue weighted by Gasteiger charge is 2.35. The Morgan fingerprint density at radius 3 is 2.68 bits per heavy atom. The minimum Gasteiger partial charge on any atom is -0.377 e. The maximum Gasteiger partial charge on any atom is 0.258 e. The van der Waals surface area contributed by atoms with Crippen LogP contribution in [0.4, 0.5) is 5.82 Å². The van der Waals surface area contributed by atoms with Gasteiger partial charge in [0.1, 0.15) is 5.82 Å². The van der Waals surface area contributed by atoms with Crippen LogP contribution in [0.2, 0.25) is 0 Å². The summed E-state index contributed by atoms with van der Waals surface area (Å²) in [5.74, 6) is 3.01. The van der Waals surface area contributed by atoms with Crippen molar-refractivity contribution < 1.29 is 14.1 Å². The number of rotatable bonds is 5. The number of amides is 1. The van der Waals surface area contributed by atoms with E-state index in [-0.39, 0.29) is 5.92 Å². The van der Waals surface area contributed by atoms with Gasteiger partial charge in [0.05, 0.1) is 19.3 Å². The summed E-state index contributed by atoms with van der Waals surface area (Å²) in [5.41, 5.74) is 0.872. The Morgan fingerprint density at radius 2 is 2.00 bits per heavy atom. The molecule has 1 amide bonds. The number of piperidine rings is 1. The van der Waals surface area contributed by atoms with Gasteiger partial charge in [-0.3, -0.25) is 4.79 Å². The van der Waals surface area contributed by atoms with E-state index in [2.05, 4.69) is 20.0 Å². The second-order valence-electron chi connectivity index (χ2n) is 8.04. The van der Waals surface area contributed by atoms with E-state index in [0.717, 1.165) is 69.2 Å². The first-order valence-corrected chi connectivity index (χ1v) is 10.1. The third kappa shape index (κ3) is 3.37. The quantitative estimate of drug-likeness (QED) is 0.781. The maximum atomic E-state index is 12.2. The molecule has 2 aromatic heterocycles. The van der Waals surface area contributed by atoms with Gasteiger partial charge in [-0.1, -0.05) is 5.16 Å². The molecule has 2 aromatic rings. The molecule has 3 fully saturated rings. The van der Waals surface area contributed by atoms with Gasteiger partial charge in [0.15, 0.2) is 5.82 Å². The number of likely N-dealkylation sites (N-methyl/N-ethyl adjacent to an activating group) is 1. The Kier molecular flexibility index (Phi) is 4.50. The number of carbonyl (C=O) groups is 1. The average Bonchev–Trinajstić information content (AvgIpc) is 3.42. The summed E-state index contributed by atoms with van der Waals surface area (Å²) in [7, 11) is 2.02. The smallest absolute Gasteiger partial charge is 0.258 e. The molecule has 4 heterocycles. The van der Waals surface area contributed by atoms with Crippen molar-refractivity contribution in [3.05, 3.63) is 24.2 Å². The second-order valence-corrected chi connectivity index (χ2v) is 8.04. The van der Waals surface area contributed by atoms with Crippen LogP contribution in [0.1, 0.15) is 37.4 Å². The van der Waals surface area contributed by atoms with Crippen LogP contribution in [0.5, 0.6) is 0 Å². The van der Waals surface area contributed by atoms with Gasteiger partial charge in [-0.2, -0.15) is 4.98 Å². The second kappa shape index (κ2) is 7.16. The van der Waals surface area contributed by atoms with E-state index < -0.39 is 0 Å². The molecular formula is C20H25N5O3. The van der Waals surface area contributed by atoms with E-state index in [9.17, 15) is 4.79 Å². The summed E-state index contributed by atoms with van der Waals surface area (Å²) >= 11 is 0. The molecule has 0 N–H and O–H groups in total. The van der Waals surface area contributed by atoms with Gasteiger partial charge in [-0.15, -0.1) is 0 Å². The minimum absolute atomic E-state index is 0.247. The third-order valence-electron chi connectivity index (χ3n) is 6.06. The lowest BCUT2D eigenvalue weighted by Gasteiger charge is -2.35. The maximum absolute atomic E-state index is 12.2. The van der Waals surface area contributed by atoms with E-state index in [1.807, 2.05) is 24.1 Å². The monoisotopic (exact) mass is 383 g/mol. The fourth-order valence-corrected chi connectivity index (χ4v) is 3.84. The molecule has 28 heavy (non-hydrogen) atoms. The molecule has 0 unspecified atom stereocenters. The number of anilines is 1. The standard InChI is InChI=1S/C20H25N5O3/c1-24(16-11-27-12-16)17-10-15(4-7-21-17)19-22-18(23-28-19)13-5-8-25(9-6-13)20(26)14-2-3-14/h4,7,10,13-14,16H,2-3,5-6,8-9,11-12H2,1H3. The van der Waals surface area contributed by atoms with Crippen LogP contribution < -0.4 is 4.90 Å². The molecule has 0 bridgehead atoms. The molecule has 0 spiro atoms. The molecule has 1 aliphatic carbocycles. The normalized spacial score (nSPS) is 20.8. The van der Waals surface area contributed by atoms with Gasteiger partial charge in [0.25, 0.3) is 5.89 Å². The van der Waals surface area contributed by atoms with Crippen molar-refractivity contribution in [3.63, 3.8) is 0 Å². The Balaban J connectivity index is 1.25. The lowest BCUT2D eigenvalue weighted by atomic mass is 9.96. The van der Waals surface area contributed by atoms with Gasteiger partial charge < -0.3 is 19.1 Å². The molecule has 0 atom stereocenters. The van der Waals surface area contributed by atoms with Crippen molar-refractivity contribution in [2.24, 2.45) is 5.92 Å². The molecule has 0 radical (unpaired) electrons. The zero-order valence-electron chi connectivity index (χ0n) is 16.1. The van der Waals surface area contributed by atoms with Crippen LogP contribution in [-0.2, 0) is 9.53 Å². The van der Waals surface area contributed by atoms with Crippen molar-refractivity contribution in [1.29, 1.82) is 0 Å². The van der Waals surface area contributed by atoms with Crippen molar-refractivity contribution in [1.82, 2.24) is 20.0 Å². The summed E-state index contributed by atoms with van der Waals surface area (Å²) in [4.78, 5) is 25.4. The molecule has 8 heteroatoms. The van der Waals surface area contributed by atoms with Crippen molar-refractivity contribution in [3.8, 4) is 11.5 Å². The third-order valence-corrected chi connectivity index (χ3v) is 6.06. The summed E-state index contributed by atoms with van der Waals surface area (Å²) in [6.07, 6.45) is 5.67. The molecule has 0 aromatic carbocycles. The Hall–Kier alpha value is -2.48. The van der Waals surface area contributed by atoms with Gasteiger partial charge in [-0.05, 0) is 37.8 Å². The van der Waals surface area contributed by atoms with Crippen molar-refractivity contribution in [2.75, 3.05) is 38.3 Å². The number of likely N-dealkylation sites (tertiary alicyclic amines) is 1. The summed E-state index contributed by atoms with van der Waals surface area (Å²) in [6, 6.07) is 4.24. The fraction of sp³-hybridized carbons (Fsp3) is 0.600. The molecule has 148 valence electrons. The highest BCUT2D eigenvalue weighted by Crippen LogP contribution is 2.34. The summed E-state index contributed by atoms with van der Waals surface area (Å²) in [5, 5.41) is 4.23. The highest BCUT2D eigenvalue weighted by atomic mass is 16.5. The van der Waals surface area contributed by atoms with E-state index in [1.165, 1.54) is 0 Å². The van der Waals surface area contributed by atoms with Crippen LogP contribution >= 0.6 is 0 Å². The number of hydrogen-bond donors (Lipinski definition) is 0. The van der Waals surface area contributed by atoms with Crippen molar-refractivity contribution >= 4 is 11.7 Å². The highest BCUT2D eigenvalue weighted by molar-refractivity contribution is 5.81. The minimum atomic E-state index is 0.247.